The minimum absolute atomic E-state index is 0.0876. The number of aryl methyl sites for hydroxylation is 1. The van der Waals surface area contributed by atoms with E-state index in [0.717, 1.165) is 31.5 Å². The summed E-state index contributed by atoms with van der Waals surface area (Å²) >= 11 is 1.21. The monoisotopic (exact) mass is 360 g/mol. The minimum atomic E-state index is -0.380. The van der Waals surface area contributed by atoms with Crippen LogP contribution in [0, 0.1) is 19.7 Å². The Hall–Kier alpha value is -2.21. The van der Waals surface area contributed by atoms with E-state index in [2.05, 4.69) is 5.32 Å². The Morgan fingerprint density at radius 1 is 1.20 bits per heavy atom. The Kier molecular flexibility index (Phi) is 4.90. The predicted molar refractivity (Wildman–Crippen MR) is 98.6 cm³/mol. The van der Waals surface area contributed by atoms with E-state index in [1.54, 1.807) is 24.0 Å². The van der Waals surface area contributed by atoms with Gasteiger partial charge in [-0.15, -0.1) is 11.3 Å². The first-order valence-corrected chi connectivity index (χ1v) is 9.17. The van der Waals surface area contributed by atoms with Gasteiger partial charge in [-0.05, 0) is 56.9 Å². The summed E-state index contributed by atoms with van der Waals surface area (Å²) in [5.74, 6) is -0.556. The molecule has 2 aromatic rings. The summed E-state index contributed by atoms with van der Waals surface area (Å²) in [6, 6.07) is 4.90. The molecule has 0 spiro atoms. The Labute approximate surface area is 150 Å². The third-order valence-electron chi connectivity index (χ3n) is 4.45. The number of carbonyl (C=O) groups is 2. The number of halogens is 1. The molecule has 1 aliphatic rings. The van der Waals surface area contributed by atoms with Crippen LogP contribution in [0.25, 0.3) is 0 Å². The van der Waals surface area contributed by atoms with E-state index in [4.69, 9.17) is 0 Å². The largest absolute Gasteiger partial charge is 0.344 e. The van der Waals surface area contributed by atoms with Gasteiger partial charge in [-0.2, -0.15) is 0 Å². The van der Waals surface area contributed by atoms with Gasteiger partial charge in [0, 0.05) is 13.1 Å². The van der Waals surface area contributed by atoms with Crippen molar-refractivity contribution in [1.82, 2.24) is 4.90 Å². The number of ketones is 1. The zero-order valence-corrected chi connectivity index (χ0v) is 15.4. The maximum atomic E-state index is 14.2. The standard InChI is InChI=1S/C19H21FN2O2S/c1-11-6-7-15(14(20)10-11)21-18-16(12(2)17(25-18)13(3)23)19(24)22-8-4-5-9-22/h6-7,10,21H,4-5,8-9H2,1-3H3. The number of nitrogens with zero attached hydrogens (tertiary/aromatic N) is 1. The van der Waals surface area contributed by atoms with Gasteiger partial charge in [0.2, 0.25) is 0 Å². The maximum Gasteiger partial charge on any atom is 0.257 e. The van der Waals surface area contributed by atoms with E-state index in [0.29, 0.717) is 26.7 Å². The molecule has 25 heavy (non-hydrogen) atoms. The van der Waals surface area contributed by atoms with Gasteiger partial charge in [0.15, 0.2) is 5.78 Å². The number of rotatable bonds is 4. The lowest BCUT2D eigenvalue weighted by molar-refractivity contribution is 0.0793. The smallest absolute Gasteiger partial charge is 0.257 e. The van der Waals surface area contributed by atoms with Gasteiger partial charge in [0.1, 0.15) is 10.8 Å². The fourth-order valence-electron chi connectivity index (χ4n) is 3.12. The number of nitrogens with one attached hydrogen (secondary N) is 1. The van der Waals surface area contributed by atoms with Crippen molar-refractivity contribution in [2.75, 3.05) is 18.4 Å². The molecule has 0 unspecified atom stereocenters. The van der Waals surface area contributed by atoms with Gasteiger partial charge in [0.25, 0.3) is 5.91 Å². The first-order valence-electron chi connectivity index (χ1n) is 8.35. The van der Waals surface area contributed by atoms with Crippen LogP contribution in [0.1, 0.15) is 50.9 Å². The second-order valence-corrected chi connectivity index (χ2v) is 7.44. The van der Waals surface area contributed by atoms with Crippen LogP contribution in [0.2, 0.25) is 0 Å². The average molecular weight is 360 g/mol. The van der Waals surface area contributed by atoms with E-state index in [-0.39, 0.29) is 17.5 Å². The summed E-state index contributed by atoms with van der Waals surface area (Å²) in [5, 5.41) is 3.56. The maximum absolute atomic E-state index is 14.2. The number of benzene rings is 1. The molecule has 1 fully saturated rings. The normalized spacial score (nSPS) is 14.0. The molecular weight excluding hydrogens is 339 g/mol. The topological polar surface area (TPSA) is 49.4 Å². The van der Waals surface area contributed by atoms with Crippen LogP contribution in [-0.2, 0) is 0 Å². The summed E-state index contributed by atoms with van der Waals surface area (Å²) in [5.41, 5.74) is 2.28. The molecule has 1 amide bonds. The zero-order chi connectivity index (χ0) is 18.1. The molecule has 1 N–H and O–H groups in total. The summed E-state index contributed by atoms with van der Waals surface area (Å²) in [6.07, 6.45) is 1.98. The molecule has 0 radical (unpaired) electrons. The number of hydrogen-bond acceptors (Lipinski definition) is 4. The van der Waals surface area contributed by atoms with E-state index >= 15 is 0 Å². The fourth-order valence-corrected chi connectivity index (χ4v) is 4.22. The number of hydrogen-bond donors (Lipinski definition) is 1. The molecule has 1 aliphatic heterocycles. The van der Waals surface area contributed by atoms with Crippen molar-refractivity contribution in [3.63, 3.8) is 0 Å². The predicted octanol–water partition coefficient (Wildman–Crippen LogP) is 4.69. The van der Waals surface area contributed by atoms with Crippen LogP contribution in [0.3, 0.4) is 0 Å². The Bertz CT molecular complexity index is 838. The SMILES string of the molecule is CC(=O)c1sc(Nc2ccc(C)cc2F)c(C(=O)N2CCCC2)c1C. The molecule has 1 aromatic carbocycles. The molecule has 1 saturated heterocycles. The van der Waals surface area contributed by atoms with Crippen molar-refractivity contribution in [3.05, 3.63) is 45.6 Å². The van der Waals surface area contributed by atoms with Crippen molar-refractivity contribution in [3.8, 4) is 0 Å². The average Bonchev–Trinajstić information content (AvgIpc) is 3.18. The highest BCUT2D eigenvalue weighted by Gasteiger charge is 2.28. The van der Waals surface area contributed by atoms with Crippen molar-refractivity contribution < 1.29 is 14.0 Å². The van der Waals surface area contributed by atoms with Crippen molar-refractivity contribution >= 4 is 33.7 Å². The lowest BCUT2D eigenvalue weighted by Crippen LogP contribution is -2.28. The van der Waals surface area contributed by atoms with Crippen molar-refractivity contribution in [1.29, 1.82) is 0 Å². The van der Waals surface area contributed by atoms with E-state index < -0.39 is 0 Å². The molecule has 4 nitrogen and oxygen atoms in total. The quantitative estimate of drug-likeness (QED) is 0.805. The summed E-state index contributed by atoms with van der Waals surface area (Å²) < 4.78 is 14.2. The summed E-state index contributed by atoms with van der Waals surface area (Å²) in [6.45, 7) is 6.54. The molecular formula is C19H21FN2O2S. The molecule has 132 valence electrons. The summed E-state index contributed by atoms with van der Waals surface area (Å²) in [7, 11) is 0. The molecule has 0 atom stereocenters. The van der Waals surface area contributed by atoms with Gasteiger partial charge in [-0.3, -0.25) is 9.59 Å². The number of amides is 1. The number of Topliss-reactive ketones (excluding diaryl/α,β-unsaturated/α-hetero) is 1. The Balaban J connectivity index is 2.03. The van der Waals surface area contributed by atoms with Gasteiger partial charge in [-0.25, -0.2) is 4.39 Å². The van der Waals surface area contributed by atoms with Gasteiger partial charge >= 0.3 is 0 Å². The van der Waals surface area contributed by atoms with Crippen molar-refractivity contribution in [2.45, 2.75) is 33.6 Å². The first-order chi connectivity index (χ1) is 11.9. The highest BCUT2D eigenvalue weighted by molar-refractivity contribution is 7.18. The Morgan fingerprint density at radius 2 is 1.88 bits per heavy atom. The molecule has 3 rings (SSSR count). The van der Waals surface area contributed by atoms with Crippen LogP contribution in [-0.4, -0.2) is 29.7 Å². The van der Waals surface area contributed by atoms with Gasteiger partial charge < -0.3 is 10.2 Å². The number of thiophene rings is 1. The molecule has 0 bridgehead atoms. The van der Waals surface area contributed by atoms with Gasteiger partial charge in [0.05, 0.1) is 16.1 Å². The second kappa shape index (κ2) is 6.96. The van der Waals surface area contributed by atoms with E-state index in [9.17, 15) is 14.0 Å². The summed E-state index contributed by atoms with van der Waals surface area (Å²) in [4.78, 5) is 27.2. The second-order valence-electron chi connectivity index (χ2n) is 6.42. The van der Waals surface area contributed by atoms with Crippen molar-refractivity contribution in [2.24, 2.45) is 0 Å². The first kappa shape index (κ1) is 17.6. The molecule has 2 heterocycles. The Morgan fingerprint density at radius 3 is 2.48 bits per heavy atom. The minimum Gasteiger partial charge on any atom is -0.344 e. The number of likely N-dealkylation sites (tertiary alicyclic amines) is 1. The highest BCUT2D eigenvalue weighted by Crippen LogP contribution is 2.37. The molecule has 0 aliphatic carbocycles. The number of anilines is 2. The van der Waals surface area contributed by atoms with Crippen LogP contribution in [0.4, 0.5) is 15.1 Å². The van der Waals surface area contributed by atoms with Crippen LogP contribution >= 0.6 is 11.3 Å². The van der Waals surface area contributed by atoms with Crippen LogP contribution < -0.4 is 5.32 Å². The number of carbonyl (C=O) groups excluding carboxylic acids is 2. The lowest BCUT2D eigenvalue weighted by atomic mass is 10.1. The lowest BCUT2D eigenvalue weighted by Gasteiger charge is -2.17. The van der Waals surface area contributed by atoms with E-state index in [1.807, 2.05) is 6.92 Å². The fraction of sp³-hybridized carbons (Fsp3) is 0.368. The third-order valence-corrected chi connectivity index (χ3v) is 5.75. The molecule has 1 aromatic heterocycles. The highest BCUT2D eigenvalue weighted by atomic mass is 32.1. The third kappa shape index (κ3) is 3.44. The zero-order valence-electron chi connectivity index (χ0n) is 14.6. The van der Waals surface area contributed by atoms with Gasteiger partial charge in [-0.1, -0.05) is 6.07 Å². The van der Waals surface area contributed by atoms with Crippen LogP contribution in [0.15, 0.2) is 18.2 Å². The van der Waals surface area contributed by atoms with E-state index in [1.165, 1.54) is 24.3 Å². The van der Waals surface area contributed by atoms with Crippen LogP contribution in [0.5, 0.6) is 0 Å². The molecule has 0 saturated carbocycles. The molecule has 6 heteroatoms.